The Morgan fingerprint density at radius 1 is 0.935 bits per heavy atom. The quantitative estimate of drug-likeness (QED) is 0.592. The summed E-state index contributed by atoms with van der Waals surface area (Å²) >= 11 is 5.65. The first-order valence-electron chi connectivity index (χ1n) is 11.3. The van der Waals surface area contributed by atoms with Gasteiger partial charge in [0.15, 0.2) is 16.6 Å². The molecule has 1 fully saturated rings. The highest BCUT2D eigenvalue weighted by Gasteiger charge is 2.19. The summed E-state index contributed by atoms with van der Waals surface area (Å²) in [5.74, 6) is 1.62. The molecule has 0 bridgehead atoms. The molecule has 0 amide bonds. The highest BCUT2D eigenvalue weighted by atomic mass is 32.1. The molecule has 1 N–H and O–H groups in total. The lowest BCUT2D eigenvalue weighted by Crippen LogP contribution is -2.51. The third kappa shape index (κ3) is 7.11. The van der Waals surface area contributed by atoms with E-state index in [-0.39, 0.29) is 0 Å². The topological polar surface area (TPSA) is 37.0 Å². The molecule has 0 radical (unpaired) electrons. The number of hydrogen-bond donors (Lipinski definition) is 1. The molecule has 31 heavy (non-hydrogen) atoms. The van der Waals surface area contributed by atoms with E-state index in [1.807, 2.05) is 19.9 Å². The Morgan fingerprint density at radius 3 is 2.39 bits per heavy atom. The van der Waals surface area contributed by atoms with Crippen molar-refractivity contribution in [2.45, 2.75) is 33.7 Å². The molecule has 0 saturated carbocycles. The summed E-state index contributed by atoms with van der Waals surface area (Å²) in [7, 11) is 0. The average molecular weight is 442 g/mol. The zero-order valence-electron chi connectivity index (χ0n) is 19.0. The van der Waals surface area contributed by atoms with Crippen LogP contribution >= 0.6 is 12.2 Å². The average Bonchev–Trinajstić information content (AvgIpc) is 2.76. The molecule has 0 unspecified atom stereocenters. The normalized spacial score (nSPS) is 14.4. The van der Waals surface area contributed by atoms with Crippen LogP contribution in [-0.2, 0) is 13.0 Å². The van der Waals surface area contributed by atoms with Gasteiger partial charge in [0.25, 0.3) is 0 Å². The van der Waals surface area contributed by atoms with Gasteiger partial charge in [0, 0.05) is 39.3 Å². The summed E-state index contributed by atoms with van der Waals surface area (Å²) in [6, 6.07) is 14.9. The van der Waals surface area contributed by atoms with Crippen LogP contribution in [-0.4, -0.2) is 60.8 Å². The lowest BCUT2D eigenvalue weighted by Gasteiger charge is -2.36. The zero-order valence-corrected chi connectivity index (χ0v) is 19.8. The molecular formula is C25H35N3O2S. The van der Waals surface area contributed by atoms with Crippen molar-refractivity contribution in [1.29, 1.82) is 0 Å². The van der Waals surface area contributed by atoms with Gasteiger partial charge in [-0.1, -0.05) is 35.9 Å². The maximum absolute atomic E-state index is 5.73. The van der Waals surface area contributed by atoms with Crippen LogP contribution < -0.4 is 14.8 Å². The summed E-state index contributed by atoms with van der Waals surface area (Å²) in [4.78, 5) is 4.79. The van der Waals surface area contributed by atoms with E-state index >= 15 is 0 Å². The molecular weight excluding hydrogens is 406 g/mol. The van der Waals surface area contributed by atoms with E-state index in [1.54, 1.807) is 0 Å². The van der Waals surface area contributed by atoms with Crippen LogP contribution in [0.4, 0.5) is 0 Å². The highest BCUT2D eigenvalue weighted by Crippen LogP contribution is 2.28. The Kier molecular flexibility index (Phi) is 8.98. The van der Waals surface area contributed by atoms with Gasteiger partial charge >= 0.3 is 0 Å². The van der Waals surface area contributed by atoms with Crippen molar-refractivity contribution >= 4 is 17.3 Å². The molecule has 2 aromatic rings. The second-order valence-corrected chi connectivity index (χ2v) is 8.27. The monoisotopic (exact) mass is 441 g/mol. The molecule has 0 aromatic heterocycles. The number of thiocarbonyl (C=S) groups is 1. The molecule has 1 aliphatic rings. The van der Waals surface area contributed by atoms with Crippen molar-refractivity contribution < 1.29 is 9.47 Å². The van der Waals surface area contributed by atoms with E-state index in [0.29, 0.717) is 13.2 Å². The molecule has 1 saturated heterocycles. The fraction of sp³-hybridized carbons (Fsp3) is 0.480. The van der Waals surface area contributed by atoms with Crippen LogP contribution in [0.3, 0.4) is 0 Å². The molecule has 0 spiro atoms. The number of rotatable bonds is 9. The smallest absolute Gasteiger partial charge is 0.169 e. The Hall–Kier alpha value is -2.31. The minimum atomic E-state index is 0.627. The molecule has 5 nitrogen and oxygen atoms in total. The van der Waals surface area contributed by atoms with E-state index in [0.717, 1.165) is 62.3 Å². The first kappa shape index (κ1) is 23.4. The van der Waals surface area contributed by atoms with Gasteiger partial charge in [0.2, 0.25) is 0 Å². The number of piperazine rings is 1. The number of nitrogens with zero attached hydrogens (tertiary/aromatic N) is 2. The van der Waals surface area contributed by atoms with Gasteiger partial charge in [-0.2, -0.15) is 0 Å². The predicted molar refractivity (Wildman–Crippen MR) is 131 cm³/mol. The number of hydrogen-bond acceptors (Lipinski definition) is 4. The number of aryl methyl sites for hydroxylation is 1. The van der Waals surface area contributed by atoms with Gasteiger partial charge in [-0.25, -0.2) is 0 Å². The molecule has 3 rings (SSSR count). The van der Waals surface area contributed by atoms with Crippen molar-refractivity contribution in [3.05, 3.63) is 59.2 Å². The maximum Gasteiger partial charge on any atom is 0.169 e. The Labute approximate surface area is 192 Å². The van der Waals surface area contributed by atoms with E-state index in [2.05, 4.69) is 58.4 Å². The van der Waals surface area contributed by atoms with Crippen LogP contribution in [0.5, 0.6) is 11.5 Å². The van der Waals surface area contributed by atoms with Crippen LogP contribution in [0, 0.1) is 6.92 Å². The van der Waals surface area contributed by atoms with Gasteiger partial charge in [0.05, 0.1) is 13.2 Å². The lowest BCUT2D eigenvalue weighted by atomic mass is 10.1. The fourth-order valence-electron chi connectivity index (χ4n) is 3.85. The van der Waals surface area contributed by atoms with Crippen LogP contribution in [0.1, 0.15) is 30.5 Å². The van der Waals surface area contributed by atoms with Crippen LogP contribution in [0.15, 0.2) is 42.5 Å². The minimum Gasteiger partial charge on any atom is -0.490 e. The van der Waals surface area contributed by atoms with Crippen molar-refractivity contribution in [1.82, 2.24) is 15.1 Å². The molecule has 1 aliphatic heterocycles. The van der Waals surface area contributed by atoms with E-state index in [9.17, 15) is 0 Å². The summed E-state index contributed by atoms with van der Waals surface area (Å²) in [6.07, 6.45) is 0.889. The summed E-state index contributed by atoms with van der Waals surface area (Å²) < 4.78 is 11.4. The Morgan fingerprint density at radius 2 is 1.68 bits per heavy atom. The largest absolute Gasteiger partial charge is 0.490 e. The van der Waals surface area contributed by atoms with Crippen molar-refractivity contribution in [3.8, 4) is 11.5 Å². The molecule has 0 atom stereocenters. The van der Waals surface area contributed by atoms with Gasteiger partial charge in [-0.15, -0.1) is 0 Å². The van der Waals surface area contributed by atoms with Crippen molar-refractivity contribution in [2.75, 3.05) is 45.9 Å². The fourth-order valence-corrected chi connectivity index (χ4v) is 4.14. The summed E-state index contributed by atoms with van der Waals surface area (Å²) in [5.41, 5.74) is 3.92. The van der Waals surface area contributed by atoms with Gasteiger partial charge in [-0.05, 0) is 62.7 Å². The van der Waals surface area contributed by atoms with Crippen molar-refractivity contribution in [3.63, 3.8) is 0 Å². The summed E-state index contributed by atoms with van der Waals surface area (Å²) in [6.45, 7) is 13.2. The number of benzene rings is 2. The van der Waals surface area contributed by atoms with Crippen LogP contribution in [0.2, 0.25) is 0 Å². The third-order valence-corrected chi connectivity index (χ3v) is 5.85. The number of ether oxygens (including phenoxy) is 2. The summed E-state index contributed by atoms with van der Waals surface area (Å²) in [5, 5.41) is 4.28. The Balaban J connectivity index is 1.42. The molecule has 0 aliphatic carbocycles. The van der Waals surface area contributed by atoms with E-state index < -0.39 is 0 Å². The molecule has 168 valence electrons. The first-order chi connectivity index (χ1) is 15.1. The molecule has 6 heteroatoms. The third-order valence-electron chi connectivity index (χ3n) is 5.45. The Bertz CT molecular complexity index is 850. The minimum absolute atomic E-state index is 0.627. The second-order valence-electron chi connectivity index (χ2n) is 7.88. The zero-order chi connectivity index (χ0) is 22.1. The number of nitrogens with one attached hydrogen (secondary N) is 1. The van der Waals surface area contributed by atoms with Crippen molar-refractivity contribution in [2.24, 2.45) is 0 Å². The SMILES string of the molecule is CCOc1ccc(CCNC(=S)N2CCN(Cc3cccc(C)c3)CC2)cc1OCC. The van der Waals surface area contributed by atoms with E-state index in [1.165, 1.54) is 16.7 Å². The van der Waals surface area contributed by atoms with Gasteiger partial charge < -0.3 is 19.7 Å². The predicted octanol–water partition coefficient (Wildman–Crippen LogP) is 4.03. The lowest BCUT2D eigenvalue weighted by molar-refractivity contribution is 0.174. The second kappa shape index (κ2) is 11.9. The highest BCUT2D eigenvalue weighted by molar-refractivity contribution is 7.80. The molecule has 1 heterocycles. The van der Waals surface area contributed by atoms with E-state index in [4.69, 9.17) is 21.7 Å². The van der Waals surface area contributed by atoms with Crippen LogP contribution in [0.25, 0.3) is 0 Å². The maximum atomic E-state index is 5.73. The van der Waals surface area contributed by atoms with Gasteiger partial charge in [0.1, 0.15) is 0 Å². The molecule has 2 aromatic carbocycles. The standard InChI is InChI=1S/C25H35N3O2S/c1-4-29-23-10-9-21(18-24(23)30-5-2)11-12-26-25(31)28-15-13-27(14-16-28)19-22-8-6-7-20(3)17-22/h6-10,17-18H,4-5,11-16,19H2,1-3H3,(H,26,31). The van der Waals surface area contributed by atoms with Gasteiger partial charge in [-0.3, -0.25) is 4.90 Å². The first-order valence-corrected chi connectivity index (χ1v) is 11.7.